The van der Waals surface area contributed by atoms with Crippen molar-refractivity contribution in [1.82, 2.24) is 9.55 Å². The van der Waals surface area contributed by atoms with Crippen molar-refractivity contribution in [3.8, 4) is 5.75 Å². The summed E-state index contributed by atoms with van der Waals surface area (Å²) in [6.07, 6.45) is 3.64. The second kappa shape index (κ2) is 4.36. The van der Waals surface area contributed by atoms with Crippen LogP contribution < -0.4 is 0 Å². The summed E-state index contributed by atoms with van der Waals surface area (Å²) in [5.41, 5.74) is 1.89. The van der Waals surface area contributed by atoms with Gasteiger partial charge in [-0.3, -0.25) is 0 Å². The van der Waals surface area contributed by atoms with Gasteiger partial charge in [0.05, 0.1) is 17.9 Å². The molecule has 0 aliphatic heterocycles. The number of aromatic hydroxyl groups is 1. The van der Waals surface area contributed by atoms with E-state index in [1.54, 1.807) is 18.5 Å². The van der Waals surface area contributed by atoms with E-state index < -0.39 is 0 Å². The average Bonchev–Trinajstić information content (AvgIpc) is 2.65. The fraction of sp³-hybridized carbons (Fsp3) is 0.182. The summed E-state index contributed by atoms with van der Waals surface area (Å²) in [6, 6.07) is 7.17. The van der Waals surface area contributed by atoms with Gasteiger partial charge in [-0.1, -0.05) is 12.1 Å². The van der Waals surface area contributed by atoms with Crippen molar-refractivity contribution in [1.29, 1.82) is 0 Å². The highest BCUT2D eigenvalue weighted by Gasteiger charge is 1.99. The van der Waals surface area contributed by atoms with Gasteiger partial charge in [-0.25, -0.2) is 4.98 Å². The van der Waals surface area contributed by atoms with Crippen LogP contribution >= 0.6 is 11.6 Å². The highest BCUT2D eigenvalue weighted by Crippen LogP contribution is 2.12. The lowest BCUT2D eigenvalue weighted by molar-refractivity contribution is 0.474. The van der Waals surface area contributed by atoms with Gasteiger partial charge in [0.15, 0.2) is 0 Å². The van der Waals surface area contributed by atoms with Gasteiger partial charge in [0, 0.05) is 12.7 Å². The monoisotopic (exact) mass is 222 g/mol. The molecule has 1 aromatic heterocycles. The molecule has 0 unspecified atom stereocenters. The standard InChI is InChI=1S/C11H11ClN2O/c12-5-10-7-14(8-13-10)6-9-2-1-3-11(15)4-9/h1-4,7-8,15H,5-6H2. The van der Waals surface area contributed by atoms with Crippen LogP contribution in [0.25, 0.3) is 0 Å². The lowest BCUT2D eigenvalue weighted by atomic mass is 10.2. The number of alkyl halides is 1. The first-order valence-electron chi connectivity index (χ1n) is 4.62. The van der Waals surface area contributed by atoms with Crippen LogP contribution in [0.5, 0.6) is 5.75 Å². The average molecular weight is 223 g/mol. The molecule has 0 amide bonds. The molecule has 1 aromatic carbocycles. The Bertz CT molecular complexity index is 453. The third kappa shape index (κ3) is 2.50. The first-order valence-corrected chi connectivity index (χ1v) is 5.16. The molecule has 0 fully saturated rings. The van der Waals surface area contributed by atoms with E-state index in [0.717, 1.165) is 11.3 Å². The first kappa shape index (κ1) is 10.1. The Morgan fingerprint density at radius 2 is 2.27 bits per heavy atom. The van der Waals surface area contributed by atoms with Crippen LogP contribution in [-0.2, 0) is 12.4 Å². The summed E-state index contributed by atoms with van der Waals surface area (Å²) in [5.74, 6) is 0.706. The van der Waals surface area contributed by atoms with Gasteiger partial charge in [0.1, 0.15) is 5.75 Å². The molecule has 4 heteroatoms. The summed E-state index contributed by atoms with van der Waals surface area (Å²) in [5, 5.41) is 9.30. The second-order valence-electron chi connectivity index (χ2n) is 3.34. The van der Waals surface area contributed by atoms with Gasteiger partial charge in [-0.2, -0.15) is 0 Å². The zero-order valence-electron chi connectivity index (χ0n) is 8.10. The summed E-state index contributed by atoms with van der Waals surface area (Å²) < 4.78 is 1.94. The molecule has 0 radical (unpaired) electrons. The molecule has 0 aliphatic carbocycles. The maximum Gasteiger partial charge on any atom is 0.115 e. The third-order valence-electron chi connectivity index (χ3n) is 2.10. The Balaban J connectivity index is 2.14. The molecular weight excluding hydrogens is 212 g/mol. The second-order valence-corrected chi connectivity index (χ2v) is 3.61. The van der Waals surface area contributed by atoms with Crippen LogP contribution in [-0.4, -0.2) is 14.7 Å². The van der Waals surface area contributed by atoms with Crippen molar-refractivity contribution in [3.05, 3.63) is 48.0 Å². The topological polar surface area (TPSA) is 38.0 Å². The van der Waals surface area contributed by atoms with Crippen molar-refractivity contribution in [2.75, 3.05) is 0 Å². The van der Waals surface area contributed by atoms with Crippen LogP contribution in [0.4, 0.5) is 0 Å². The minimum atomic E-state index is 0.283. The number of phenols is 1. The number of aromatic nitrogens is 2. The molecule has 0 aliphatic rings. The maximum absolute atomic E-state index is 9.30. The molecule has 2 rings (SSSR count). The summed E-state index contributed by atoms with van der Waals surface area (Å²) in [4.78, 5) is 4.12. The molecule has 2 aromatic rings. The van der Waals surface area contributed by atoms with Gasteiger partial charge in [0.25, 0.3) is 0 Å². The number of hydrogen-bond donors (Lipinski definition) is 1. The van der Waals surface area contributed by atoms with Crippen molar-refractivity contribution in [2.45, 2.75) is 12.4 Å². The lowest BCUT2D eigenvalue weighted by Gasteiger charge is -2.02. The number of nitrogens with zero attached hydrogens (tertiary/aromatic N) is 2. The number of benzene rings is 1. The zero-order chi connectivity index (χ0) is 10.7. The minimum absolute atomic E-state index is 0.283. The molecule has 0 atom stereocenters. The quantitative estimate of drug-likeness (QED) is 0.810. The van der Waals surface area contributed by atoms with E-state index in [-0.39, 0.29) is 5.75 Å². The van der Waals surface area contributed by atoms with E-state index in [1.165, 1.54) is 0 Å². The van der Waals surface area contributed by atoms with Crippen molar-refractivity contribution in [3.63, 3.8) is 0 Å². The summed E-state index contributed by atoms with van der Waals surface area (Å²) >= 11 is 5.65. The van der Waals surface area contributed by atoms with E-state index in [1.807, 2.05) is 22.9 Å². The minimum Gasteiger partial charge on any atom is -0.508 e. The molecule has 0 bridgehead atoms. The third-order valence-corrected chi connectivity index (χ3v) is 2.37. The fourth-order valence-corrected chi connectivity index (χ4v) is 1.57. The smallest absolute Gasteiger partial charge is 0.115 e. The van der Waals surface area contributed by atoms with Gasteiger partial charge in [-0.05, 0) is 17.7 Å². The first-order chi connectivity index (χ1) is 7.28. The van der Waals surface area contributed by atoms with Gasteiger partial charge in [0.2, 0.25) is 0 Å². The molecule has 3 nitrogen and oxygen atoms in total. The largest absolute Gasteiger partial charge is 0.508 e. The molecule has 78 valence electrons. The maximum atomic E-state index is 9.30. The zero-order valence-corrected chi connectivity index (χ0v) is 8.85. The van der Waals surface area contributed by atoms with E-state index >= 15 is 0 Å². The molecule has 1 N–H and O–H groups in total. The van der Waals surface area contributed by atoms with Crippen molar-refractivity contribution >= 4 is 11.6 Å². The molecule has 1 heterocycles. The number of imidazole rings is 1. The van der Waals surface area contributed by atoms with Crippen LogP contribution in [0, 0.1) is 0 Å². The normalized spacial score (nSPS) is 10.5. The Kier molecular flexibility index (Phi) is 2.92. The van der Waals surface area contributed by atoms with E-state index in [2.05, 4.69) is 4.98 Å². The van der Waals surface area contributed by atoms with Gasteiger partial charge >= 0.3 is 0 Å². The number of phenolic OH excluding ortho intramolecular Hbond substituents is 1. The highest BCUT2D eigenvalue weighted by atomic mass is 35.5. The van der Waals surface area contributed by atoms with E-state index in [9.17, 15) is 5.11 Å². The number of halogens is 1. The van der Waals surface area contributed by atoms with Crippen molar-refractivity contribution < 1.29 is 5.11 Å². The van der Waals surface area contributed by atoms with Crippen molar-refractivity contribution in [2.24, 2.45) is 0 Å². The van der Waals surface area contributed by atoms with Gasteiger partial charge in [-0.15, -0.1) is 11.6 Å². The SMILES string of the molecule is Oc1cccc(Cn2cnc(CCl)c2)c1. The Morgan fingerprint density at radius 3 is 2.93 bits per heavy atom. The Labute approximate surface area is 93.0 Å². The number of hydrogen-bond acceptors (Lipinski definition) is 2. The van der Waals surface area contributed by atoms with Crippen LogP contribution in [0.15, 0.2) is 36.8 Å². The molecule has 0 spiro atoms. The fourth-order valence-electron chi connectivity index (χ4n) is 1.43. The predicted octanol–water partition coefficient (Wildman–Crippen LogP) is 2.38. The predicted molar refractivity (Wildman–Crippen MR) is 59.0 cm³/mol. The van der Waals surface area contributed by atoms with Crippen LogP contribution in [0.3, 0.4) is 0 Å². The van der Waals surface area contributed by atoms with Gasteiger partial charge < -0.3 is 9.67 Å². The summed E-state index contributed by atoms with van der Waals surface area (Å²) in [7, 11) is 0. The Morgan fingerprint density at radius 1 is 1.40 bits per heavy atom. The van der Waals surface area contributed by atoms with Crippen LogP contribution in [0.1, 0.15) is 11.3 Å². The van der Waals surface area contributed by atoms with Crippen LogP contribution in [0.2, 0.25) is 0 Å². The van der Waals surface area contributed by atoms with E-state index in [4.69, 9.17) is 11.6 Å². The molecular formula is C11H11ClN2O. The number of rotatable bonds is 3. The van der Waals surface area contributed by atoms with E-state index in [0.29, 0.717) is 12.4 Å². The molecule has 0 saturated carbocycles. The highest BCUT2D eigenvalue weighted by molar-refractivity contribution is 6.16. The molecule has 15 heavy (non-hydrogen) atoms. The molecule has 0 saturated heterocycles. The lowest BCUT2D eigenvalue weighted by Crippen LogP contribution is -1.95. The Hall–Kier alpha value is -1.48. The summed E-state index contributed by atoms with van der Waals surface area (Å²) in [6.45, 7) is 0.693.